The molecule has 1 aromatic carbocycles. The summed E-state index contributed by atoms with van der Waals surface area (Å²) in [4.78, 5) is 0. The molecule has 0 unspecified atom stereocenters. The molecule has 90 valence electrons. The molecule has 3 nitrogen and oxygen atoms in total. The summed E-state index contributed by atoms with van der Waals surface area (Å²) in [6, 6.07) is 3.21. The van der Waals surface area contributed by atoms with E-state index in [0.717, 1.165) is 6.07 Å². The van der Waals surface area contributed by atoms with Crippen LogP contribution < -0.4 is 0 Å². The normalized spacial score (nSPS) is 11.8. The lowest BCUT2D eigenvalue weighted by molar-refractivity contribution is -0.350. The Labute approximate surface area is 92.9 Å². The van der Waals surface area contributed by atoms with Crippen molar-refractivity contribution in [3.8, 4) is 0 Å². The lowest BCUT2D eigenvalue weighted by Crippen LogP contribution is -2.38. The molecular formula is C11H14F2O3. The fraction of sp³-hybridized carbons (Fsp3) is 0.455. The molecule has 0 fully saturated rings. The van der Waals surface area contributed by atoms with Gasteiger partial charge in [0.15, 0.2) is 0 Å². The van der Waals surface area contributed by atoms with Crippen LogP contribution in [0.2, 0.25) is 0 Å². The molecule has 5 heteroatoms. The minimum Gasteiger partial charge on any atom is -0.331 e. The number of ether oxygens (including phenoxy) is 3. The van der Waals surface area contributed by atoms with Crippen molar-refractivity contribution in [1.82, 2.24) is 0 Å². The number of halogens is 2. The highest BCUT2D eigenvalue weighted by molar-refractivity contribution is 5.18. The molecule has 0 aliphatic carbocycles. The molecule has 0 atom stereocenters. The third kappa shape index (κ3) is 2.98. The summed E-state index contributed by atoms with van der Waals surface area (Å²) in [6.45, 7) is 0. The number of benzene rings is 1. The number of methoxy groups -OCH3 is 3. The van der Waals surface area contributed by atoms with Crippen molar-refractivity contribution in [3.63, 3.8) is 0 Å². The summed E-state index contributed by atoms with van der Waals surface area (Å²) in [7, 11) is 4.17. The van der Waals surface area contributed by atoms with Crippen molar-refractivity contribution in [2.45, 2.75) is 12.4 Å². The van der Waals surface area contributed by atoms with Crippen LogP contribution in [-0.4, -0.2) is 27.3 Å². The first-order chi connectivity index (χ1) is 7.55. The highest BCUT2D eigenvalue weighted by Gasteiger charge is 2.30. The van der Waals surface area contributed by atoms with Gasteiger partial charge in [0.2, 0.25) is 0 Å². The Bertz CT molecular complexity index is 323. The van der Waals surface area contributed by atoms with Gasteiger partial charge in [-0.15, -0.1) is 0 Å². The summed E-state index contributed by atoms with van der Waals surface area (Å²) in [5.41, 5.74) is 0.392. The second-order valence-corrected chi connectivity index (χ2v) is 3.25. The molecule has 1 aromatic rings. The molecule has 0 spiro atoms. The maximum atomic E-state index is 13.0. The Morgan fingerprint density at radius 2 is 1.38 bits per heavy atom. The van der Waals surface area contributed by atoms with Gasteiger partial charge in [-0.2, -0.15) is 0 Å². The lowest BCUT2D eigenvalue weighted by Gasteiger charge is -2.28. The molecule has 1 rings (SSSR count). The van der Waals surface area contributed by atoms with Gasteiger partial charge in [-0.05, 0) is 17.7 Å². The Hall–Kier alpha value is -1.04. The predicted octanol–water partition coefficient (Wildman–Crippen LogP) is 2.10. The van der Waals surface area contributed by atoms with E-state index in [1.165, 1.54) is 33.5 Å². The van der Waals surface area contributed by atoms with E-state index in [9.17, 15) is 8.78 Å². The molecule has 16 heavy (non-hydrogen) atoms. The van der Waals surface area contributed by atoms with Crippen LogP contribution in [0, 0.1) is 11.6 Å². The van der Waals surface area contributed by atoms with E-state index in [1.807, 2.05) is 0 Å². The Morgan fingerprint density at radius 1 is 0.938 bits per heavy atom. The monoisotopic (exact) mass is 232 g/mol. The van der Waals surface area contributed by atoms with Crippen LogP contribution in [0.15, 0.2) is 18.2 Å². The fourth-order valence-corrected chi connectivity index (χ4v) is 1.43. The zero-order valence-electron chi connectivity index (χ0n) is 9.42. The van der Waals surface area contributed by atoms with Crippen LogP contribution in [0.3, 0.4) is 0 Å². The van der Waals surface area contributed by atoms with Crippen LogP contribution >= 0.6 is 0 Å². The maximum absolute atomic E-state index is 13.0. The topological polar surface area (TPSA) is 27.7 Å². The first-order valence-electron chi connectivity index (χ1n) is 4.65. The first kappa shape index (κ1) is 13.0. The van der Waals surface area contributed by atoms with Gasteiger partial charge in [0.05, 0.1) is 6.42 Å². The van der Waals surface area contributed by atoms with Gasteiger partial charge in [-0.3, -0.25) is 0 Å². The van der Waals surface area contributed by atoms with E-state index in [2.05, 4.69) is 0 Å². The minimum atomic E-state index is -1.32. The van der Waals surface area contributed by atoms with E-state index in [4.69, 9.17) is 14.2 Å². The summed E-state index contributed by atoms with van der Waals surface area (Å²) >= 11 is 0. The van der Waals surface area contributed by atoms with Gasteiger partial charge in [0.25, 0.3) is 5.97 Å². The Kier molecular flexibility index (Phi) is 4.35. The summed E-state index contributed by atoms with van der Waals surface area (Å²) < 4.78 is 41.0. The Morgan fingerprint density at radius 3 is 1.75 bits per heavy atom. The second kappa shape index (κ2) is 5.34. The fourth-order valence-electron chi connectivity index (χ4n) is 1.43. The average molecular weight is 232 g/mol. The molecule has 0 saturated carbocycles. The molecule has 0 aliphatic heterocycles. The van der Waals surface area contributed by atoms with Crippen molar-refractivity contribution in [2.24, 2.45) is 0 Å². The number of hydrogen-bond acceptors (Lipinski definition) is 3. The van der Waals surface area contributed by atoms with E-state index in [0.29, 0.717) is 5.56 Å². The summed E-state index contributed by atoms with van der Waals surface area (Å²) in [5, 5.41) is 0. The van der Waals surface area contributed by atoms with Crippen LogP contribution in [-0.2, 0) is 20.6 Å². The molecule has 0 radical (unpaired) electrons. The molecule has 0 amide bonds. The number of hydrogen-bond donors (Lipinski definition) is 0. The molecular weight excluding hydrogens is 218 g/mol. The first-order valence-corrected chi connectivity index (χ1v) is 4.65. The minimum absolute atomic E-state index is 0.0885. The molecule has 0 heterocycles. The van der Waals surface area contributed by atoms with E-state index in [-0.39, 0.29) is 6.42 Å². The van der Waals surface area contributed by atoms with Gasteiger partial charge in [-0.25, -0.2) is 8.78 Å². The highest BCUT2D eigenvalue weighted by Crippen LogP contribution is 2.20. The van der Waals surface area contributed by atoms with Crippen LogP contribution in [0.25, 0.3) is 0 Å². The van der Waals surface area contributed by atoms with Gasteiger partial charge in [0.1, 0.15) is 11.6 Å². The third-order valence-electron chi connectivity index (χ3n) is 2.28. The van der Waals surface area contributed by atoms with Gasteiger partial charge < -0.3 is 14.2 Å². The molecule has 0 bridgehead atoms. The van der Waals surface area contributed by atoms with Crippen molar-refractivity contribution < 1.29 is 23.0 Å². The lowest BCUT2D eigenvalue weighted by atomic mass is 10.1. The van der Waals surface area contributed by atoms with Crippen LogP contribution in [0.5, 0.6) is 0 Å². The second-order valence-electron chi connectivity index (χ2n) is 3.25. The predicted molar refractivity (Wildman–Crippen MR) is 53.8 cm³/mol. The van der Waals surface area contributed by atoms with Crippen molar-refractivity contribution in [1.29, 1.82) is 0 Å². The maximum Gasteiger partial charge on any atom is 0.286 e. The smallest absolute Gasteiger partial charge is 0.286 e. The standard InChI is InChI=1S/C11H14F2O3/c1-14-11(15-2,16-3)7-8-4-9(12)6-10(13)5-8/h4-6H,7H2,1-3H3. The Balaban J connectivity index is 2.93. The molecule has 0 aliphatic rings. The van der Waals surface area contributed by atoms with Crippen LogP contribution in [0.4, 0.5) is 8.78 Å². The average Bonchev–Trinajstić information content (AvgIpc) is 2.25. The molecule has 0 N–H and O–H groups in total. The van der Waals surface area contributed by atoms with Gasteiger partial charge in [-0.1, -0.05) is 0 Å². The van der Waals surface area contributed by atoms with E-state index < -0.39 is 17.6 Å². The zero-order valence-corrected chi connectivity index (χ0v) is 9.42. The van der Waals surface area contributed by atoms with E-state index in [1.54, 1.807) is 0 Å². The highest BCUT2D eigenvalue weighted by atomic mass is 19.1. The van der Waals surface area contributed by atoms with Crippen LogP contribution in [0.1, 0.15) is 5.56 Å². The number of rotatable bonds is 5. The quantitative estimate of drug-likeness (QED) is 0.728. The van der Waals surface area contributed by atoms with E-state index >= 15 is 0 Å². The third-order valence-corrected chi connectivity index (χ3v) is 2.28. The molecule has 0 aromatic heterocycles. The van der Waals surface area contributed by atoms with Crippen molar-refractivity contribution >= 4 is 0 Å². The van der Waals surface area contributed by atoms with Gasteiger partial charge in [0, 0.05) is 27.4 Å². The largest absolute Gasteiger partial charge is 0.331 e. The zero-order chi connectivity index (χ0) is 12.2. The SMILES string of the molecule is COC(Cc1cc(F)cc(F)c1)(OC)OC. The van der Waals surface area contributed by atoms with Crippen molar-refractivity contribution in [3.05, 3.63) is 35.4 Å². The molecule has 0 saturated heterocycles. The van der Waals surface area contributed by atoms with Crippen molar-refractivity contribution in [2.75, 3.05) is 21.3 Å². The summed E-state index contributed by atoms with van der Waals surface area (Å²) in [5.74, 6) is -2.61. The van der Waals surface area contributed by atoms with Gasteiger partial charge >= 0.3 is 0 Å². The summed E-state index contributed by atoms with van der Waals surface area (Å²) in [6.07, 6.45) is 0.0885.